The molecular formula is C17H23NO. The molecule has 2 heteroatoms. The number of rotatable bonds is 3. The topological polar surface area (TPSA) is 29.1 Å². The van der Waals surface area contributed by atoms with Crippen LogP contribution in [0, 0.1) is 5.92 Å². The first-order valence-electron chi connectivity index (χ1n) is 7.70. The molecule has 2 aliphatic rings. The zero-order valence-corrected chi connectivity index (χ0v) is 11.5. The van der Waals surface area contributed by atoms with Crippen molar-refractivity contribution in [1.29, 1.82) is 0 Å². The Hall–Kier alpha value is -1.31. The van der Waals surface area contributed by atoms with Crippen molar-refractivity contribution in [2.24, 2.45) is 5.92 Å². The molecule has 1 unspecified atom stereocenters. The van der Waals surface area contributed by atoms with Crippen LogP contribution in [0.3, 0.4) is 0 Å². The molecule has 1 saturated carbocycles. The summed E-state index contributed by atoms with van der Waals surface area (Å²) in [6.07, 6.45) is 8.29. The average Bonchev–Trinajstić information content (AvgIpc) is 2.99. The summed E-state index contributed by atoms with van der Waals surface area (Å²) < 4.78 is 0. The molecule has 0 aliphatic heterocycles. The minimum Gasteiger partial charge on any atom is -0.355 e. The van der Waals surface area contributed by atoms with Crippen LogP contribution in [0.1, 0.15) is 55.6 Å². The van der Waals surface area contributed by atoms with Crippen LogP contribution in [0.5, 0.6) is 0 Å². The lowest BCUT2D eigenvalue weighted by atomic mass is 9.83. The normalized spacial score (nSPS) is 23.1. The predicted molar refractivity (Wildman–Crippen MR) is 77.1 cm³/mol. The fourth-order valence-corrected chi connectivity index (χ4v) is 3.62. The number of benzene rings is 1. The Balaban J connectivity index is 1.60. The van der Waals surface area contributed by atoms with E-state index in [9.17, 15) is 4.79 Å². The summed E-state index contributed by atoms with van der Waals surface area (Å²) in [6.45, 7) is 0.826. The second kappa shape index (κ2) is 5.77. The number of aryl methyl sites for hydroxylation is 1. The molecule has 0 bridgehead atoms. The number of amides is 1. The standard InChI is InChI=1S/C17H23NO/c19-17(14-7-1-2-8-14)18-12-15-10-5-9-13-6-3-4-11-16(13)15/h3-4,6,11,14-15H,1-2,5,7-10,12H2,(H,18,19). The van der Waals surface area contributed by atoms with Crippen LogP contribution in [0.4, 0.5) is 0 Å². The van der Waals surface area contributed by atoms with Gasteiger partial charge in [-0.2, -0.15) is 0 Å². The quantitative estimate of drug-likeness (QED) is 0.883. The molecule has 1 N–H and O–H groups in total. The van der Waals surface area contributed by atoms with Gasteiger partial charge in [0.25, 0.3) is 0 Å². The molecule has 1 fully saturated rings. The van der Waals surface area contributed by atoms with E-state index in [1.807, 2.05) is 0 Å². The summed E-state index contributed by atoms with van der Waals surface area (Å²) in [7, 11) is 0. The number of hydrogen-bond donors (Lipinski definition) is 1. The van der Waals surface area contributed by atoms with E-state index in [0.717, 1.165) is 19.4 Å². The minimum atomic E-state index is 0.291. The molecule has 1 amide bonds. The summed E-state index contributed by atoms with van der Waals surface area (Å²) in [5.74, 6) is 1.11. The molecule has 1 aromatic rings. The van der Waals surface area contributed by atoms with Gasteiger partial charge in [-0.25, -0.2) is 0 Å². The smallest absolute Gasteiger partial charge is 0.223 e. The van der Waals surface area contributed by atoms with Crippen LogP contribution in [-0.4, -0.2) is 12.5 Å². The molecule has 1 aromatic carbocycles. The van der Waals surface area contributed by atoms with Crippen LogP contribution < -0.4 is 5.32 Å². The Bertz CT molecular complexity index is 448. The maximum Gasteiger partial charge on any atom is 0.223 e. The van der Waals surface area contributed by atoms with E-state index in [1.165, 1.54) is 43.2 Å². The summed E-state index contributed by atoms with van der Waals surface area (Å²) in [5.41, 5.74) is 2.94. The summed E-state index contributed by atoms with van der Waals surface area (Å²) in [5, 5.41) is 3.20. The van der Waals surface area contributed by atoms with Crippen LogP contribution in [0.25, 0.3) is 0 Å². The Morgan fingerprint density at radius 2 is 1.89 bits per heavy atom. The van der Waals surface area contributed by atoms with Crippen molar-refractivity contribution in [3.63, 3.8) is 0 Å². The zero-order chi connectivity index (χ0) is 13.1. The maximum atomic E-state index is 12.1. The van der Waals surface area contributed by atoms with E-state index in [-0.39, 0.29) is 0 Å². The molecule has 0 saturated heterocycles. The third kappa shape index (κ3) is 2.83. The summed E-state index contributed by atoms with van der Waals surface area (Å²) in [4.78, 5) is 12.1. The molecular weight excluding hydrogens is 234 g/mol. The third-order valence-electron chi connectivity index (χ3n) is 4.74. The summed E-state index contributed by atoms with van der Waals surface area (Å²) >= 11 is 0. The molecule has 102 valence electrons. The average molecular weight is 257 g/mol. The number of nitrogens with one attached hydrogen (secondary N) is 1. The van der Waals surface area contributed by atoms with Crippen molar-refractivity contribution in [2.45, 2.75) is 50.9 Å². The highest BCUT2D eigenvalue weighted by atomic mass is 16.1. The van der Waals surface area contributed by atoms with Gasteiger partial charge in [-0.15, -0.1) is 0 Å². The van der Waals surface area contributed by atoms with Gasteiger partial charge >= 0.3 is 0 Å². The molecule has 0 aromatic heterocycles. The maximum absolute atomic E-state index is 12.1. The lowest BCUT2D eigenvalue weighted by Gasteiger charge is -2.26. The van der Waals surface area contributed by atoms with Gasteiger partial charge in [0.2, 0.25) is 5.91 Å². The number of carbonyl (C=O) groups is 1. The highest BCUT2D eigenvalue weighted by molar-refractivity contribution is 5.78. The zero-order valence-electron chi connectivity index (χ0n) is 11.5. The largest absolute Gasteiger partial charge is 0.355 e. The van der Waals surface area contributed by atoms with Gasteiger partial charge in [0, 0.05) is 18.4 Å². The van der Waals surface area contributed by atoms with Crippen LogP contribution in [0.2, 0.25) is 0 Å². The van der Waals surface area contributed by atoms with Crippen molar-refractivity contribution in [1.82, 2.24) is 5.32 Å². The highest BCUT2D eigenvalue weighted by Crippen LogP contribution is 2.31. The third-order valence-corrected chi connectivity index (χ3v) is 4.74. The minimum absolute atomic E-state index is 0.291. The van der Waals surface area contributed by atoms with Crippen LogP contribution >= 0.6 is 0 Å². The van der Waals surface area contributed by atoms with Gasteiger partial charge in [-0.3, -0.25) is 4.79 Å². The summed E-state index contributed by atoms with van der Waals surface area (Å²) in [6, 6.07) is 8.72. The molecule has 0 heterocycles. The van der Waals surface area contributed by atoms with Crippen LogP contribution in [-0.2, 0) is 11.2 Å². The highest BCUT2D eigenvalue weighted by Gasteiger charge is 2.24. The molecule has 1 atom stereocenters. The van der Waals surface area contributed by atoms with Gasteiger partial charge < -0.3 is 5.32 Å². The van der Waals surface area contributed by atoms with Crippen molar-refractivity contribution >= 4 is 5.91 Å². The number of carbonyl (C=O) groups excluding carboxylic acids is 1. The van der Waals surface area contributed by atoms with Gasteiger partial charge in [-0.1, -0.05) is 37.1 Å². The van der Waals surface area contributed by atoms with E-state index in [4.69, 9.17) is 0 Å². The van der Waals surface area contributed by atoms with E-state index >= 15 is 0 Å². The van der Waals surface area contributed by atoms with Gasteiger partial charge in [0.1, 0.15) is 0 Å². The van der Waals surface area contributed by atoms with Crippen molar-refractivity contribution in [3.8, 4) is 0 Å². The fourth-order valence-electron chi connectivity index (χ4n) is 3.62. The molecule has 19 heavy (non-hydrogen) atoms. The predicted octanol–water partition coefficient (Wildman–Crippen LogP) is 3.41. The van der Waals surface area contributed by atoms with E-state index < -0.39 is 0 Å². The Morgan fingerprint density at radius 3 is 2.74 bits per heavy atom. The van der Waals surface area contributed by atoms with Gasteiger partial charge in [-0.05, 0) is 43.2 Å². The molecule has 0 radical (unpaired) electrons. The van der Waals surface area contributed by atoms with Crippen LogP contribution in [0.15, 0.2) is 24.3 Å². The fraction of sp³-hybridized carbons (Fsp3) is 0.588. The first-order chi connectivity index (χ1) is 9.34. The van der Waals surface area contributed by atoms with E-state index in [1.54, 1.807) is 0 Å². The van der Waals surface area contributed by atoms with Crippen molar-refractivity contribution in [2.75, 3.05) is 6.54 Å². The van der Waals surface area contributed by atoms with E-state index in [2.05, 4.69) is 29.6 Å². The lowest BCUT2D eigenvalue weighted by molar-refractivity contribution is -0.124. The molecule has 0 spiro atoms. The van der Waals surface area contributed by atoms with Gasteiger partial charge in [0.15, 0.2) is 0 Å². The lowest BCUT2D eigenvalue weighted by Crippen LogP contribution is -2.33. The number of hydrogen-bond acceptors (Lipinski definition) is 1. The van der Waals surface area contributed by atoms with Crippen molar-refractivity contribution < 1.29 is 4.79 Å². The van der Waals surface area contributed by atoms with Gasteiger partial charge in [0.05, 0.1) is 0 Å². The molecule has 2 aliphatic carbocycles. The van der Waals surface area contributed by atoms with E-state index in [0.29, 0.717) is 17.7 Å². The second-order valence-electron chi connectivity index (χ2n) is 6.01. The first-order valence-corrected chi connectivity index (χ1v) is 7.70. The Kier molecular flexibility index (Phi) is 3.86. The molecule has 3 rings (SSSR count). The second-order valence-corrected chi connectivity index (χ2v) is 6.01. The Labute approximate surface area is 115 Å². The van der Waals surface area contributed by atoms with Crippen molar-refractivity contribution in [3.05, 3.63) is 35.4 Å². The number of fused-ring (bicyclic) bond motifs is 1. The monoisotopic (exact) mass is 257 g/mol. The molecule has 2 nitrogen and oxygen atoms in total. The SMILES string of the molecule is O=C(NCC1CCCc2ccccc21)C1CCCC1. The Morgan fingerprint density at radius 1 is 1.11 bits per heavy atom. The first kappa shape index (κ1) is 12.7.